The molecule has 0 bridgehead atoms. The number of hydrogen-bond donors (Lipinski definition) is 2. The Labute approximate surface area is 106 Å². The average Bonchev–Trinajstić information content (AvgIpc) is 2.33. The molecule has 3 nitrogen and oxygen atoms in total. The van der Waals surface area contributed by atoms with Crippen LogP contribution in [0.5, 0.6) is 0 Å². The molecule has 6 heteroatoms. The van der Waals surface area contributed by atoms with Crippen molar-refractivity contribution in [3.63, 3.8) is 0 Å². The molecule has 18 heavy (non-hydrogen) atoms. The van der Waals surface area contributed by atoms with Crippen LogP contribution < -0.4 is 10.6 Å². The van der Waals surface area contributed by atoms with E-state index in [1.807, 2.05) is 5.32 Å². The summed E-state index contributed by atoms with van der Waals surface area (Å²) in [7, 11) is 0. The van der Waals surface area contributed by atoms with Gasteiger partial charge in [-0.3, -0.25) is 0 Å². The van der Waals surface area contributed by atoms with E-state index in [-0.39, 0.29) is 0 Å². The quantitative estimate of drug-likeness (QED) is 0.806. The normalized spacial score (nSPS) is 24.7. The molecule has 0 atom stereocenters. The van der Waals surface area contributed by atoms with E-state index in [0.717, 1.165) is 31.6 Å². The maximum absolute atomic E-state index is 11.9. The zero-order valence-corrected chi connectivity index (χ0v) is 10.6. The fourth-order valence-electron chi connectivity index (χ4n) is 2.32. The molecule has 0 aromatic rings. The van der Waals surface area contributed by atoms with Crippen LogP contribution >= 0.6 is 0 Å². The third kappa shape index (κ3) is 6.12. The predicted molar refractivity (Wildman–Crippen MR) is 63.2 cm³/mol. The summed E-state index contributed by atoms with van der Waals surface area (Å²) < 4.78 is 35.6. The largest absolute Gasteiger partial charge is 0.405 e. The summed E-state index contributed by atoms with van der Waals surface area (Å²) in [6.45, 7) is 1.37. The Morgan fingerprint density at radius 3 is 2.17 bits per heavy atom. The average molecular weight is 266 g/mol. The number of alkyl halides is 3. The summed E-state index contributed by atoms with van der Waals surface area (Å²) in [4.78, 5) is 11.1. The second-order valence-electron chi connectivity index (χ2n) is 4.97. The molecule has 0 unspecified atom stereocenters. The summed E-state index contributed by atoms with van der Waals surface area (Å²) in [6, 6.07) is -0.732. The van der Waals surface area contributed by atoms with E-state index in [0.29, 0.717) is 12.5 Å². The van der Waals surface area contributed by atoms with Gasteiger partial charge in [-0.1, -0.05) is 26.2 Å². The maximum atomic E-state index is 11.9. The first-order valence-corrected chi connectivity index (χ1v) is 6.49. The molecule has 0 aliphatic heterocycles. The van der Waals surface area contributed by atoms with Gasteiger partial charge >= 0.3 is 12.2 Å². The predicted octanol–water partition coefficient (Wildman–Crippen LogP) is 3.06. The molecule has 1 fully saturated rings. The minimum atomic E-state index is -4.35. The number of amides is 2. The zero-order valence-electron chi connectivity index (χ0n) is 10.6. The van der Waals surface area contributed by atoms with Gasteiger partial charge in [0.1, 0.15) is 6.54 Å². The fraction of sp³-hybridized carbons (Fsp3) is 0.917. The standard InChI is InChI=1S/C12H21F3N2O/c1-2-9-3-5-10(6-4-9)7-16-11(18)17-8-12(13,14)15/h9-10H,2-8H2,1H3,(H2,16,17,18). The molecule has 0 aromatic carbocycles. The highest BCUT2D eigenvalue weighted by Crippen LogP contribution is 2.29. The van der Waals surface area contributed by atoms with Crippen LogP contribution in [0, 0.1) is 11.8 Å². The number of carbonyl (C=O) groups excluding carboxylic acids is 1. The Hall–Kier alpha value is -0.940. The zero-order chi connectivity index (χ0) is 13.6. The van der Waals surface area contributed by atoms with Crippen molar-refractivity contribution in [2.45, 2.75) is 45.2 Å². The molecular weight excluding hydrogens is 245 g/mol. The second kappa shape index (κ2) is 6.85. The van der Waals surface area contributed by atoms with Crippen molar-refractivity contribution in [3.05, 3.63) is 0 Å². The first kappa shape index (κ1) is 15.1. The molecule has 1 saturated carbocycles. The maximum Gasteiger partial charge on any atom is 0.405 e. The number of rotatable bonds is 4. The molecule has 1 aliphatic rings. The van der Waals surface area contributed by atoms with Gasteiger partial charge in [0.2, 0.25) is 0 Å². The molecule has 0 heterocycles. The van der Waals surface area contributed by atoms with E-state index in [1.54, 1.807) is 0 Å². The molecule has 1 aliphatic carbocycles. The summed E-state index contributed by atoms with van der Waals surface area (Å²) in [6.07, 6.45) is 1.26. The van der Waals surface area contributed by atoms with Crippen LogP contribution in [-0.2, 0) is 0 Å². The van der Waals surface area contributed by atoms with Crippen molar-refractivity contribution in [2.75, 3.05) is 13.1 Å². The summed E-state index contributed by atoms with van der Waals surface area (Å²) >= 11 is 0. The summed E-state index contributed by atoms with van der Waals surface area (Å²) in [5.74, 6) is 1.18. The van der Waals surface area contributed by atoms with Gasteiger partial charge in [-0.15, -0.1) is 0 Å². The van der Waals surface area contributed by atoms with Crippen LogP contribution in [0.3, 0.4) is 0 Å². The van der Waals surface area contributed by atoms with Crippen molar-refractivity contribution in [1.29, 1.82) is 0 Å². The molecule has 0 spiro atoms. The molecule has 0 radical (unpaired) electrons. The van der Waals surface area contributed by atoms with Gasteiger partial charge in [0.25, 0.3) is 0 Å². The summed E-state index contributed by atoms with van der Waals surface area (Å²) in [5.41, 5.74) is 0. The lowest BCUT2D eigenvalue weighted by Crippen LogP contribution is -2.42. The van der Waals surface area contributed by atoms with Crippen LogP contribution in [0.4, 0.5) is 18.0 Å². The van der Waals surface area contributed by atoms with Gasteiger partial charge in [0.15, 0.2) is 0 Å². The number of carbonyl (C=O) groups is 1. The number of urea groups is 1. The van der Waals surface area contributed by atoms with Gasteiger partial charge in [0.05, 0.1) is 0 Å². The highest BCUT2D eigenvalue weighted by Gasteiger charge is 2.28. The van der Waals surface area contributed by atoms with Crippen LogP contribution in [0.15, 0.2) is 0 Å². The number of halogens is 3. The molecular formula is C12H21F3N2O. The lowest BCUT2D eigenvalue weighted by molar-refractivity contribution is -0.122. The van der Waals surface area contributed by atoms with Crippen LogP contribution in [-0.4, -0.2) is 25.3 Å². The van der Waals surface area contributed by atoms with Gasteiger partial charge < -0.3 is 10.6 Å². The Kier molecular flexibility index (Phi) is 5.75. The van der Waals surface area contributed by atoms with E-state index < -0.39 is 18.8 Å². The molecule has 2 N–H and O–H groups in total. The molecule has 0 aromatic heterocycles. The molecule has 2 amide bonds. The van der Waals surface area contributed by atoms with E-state index in [2.05, 4.69) is 12.2 Å². The van der Waals surface area contributed by atoms with Crippen molar-refractivity contribution in [3.8, 4) is 0 Å². The monoisotopic (exact) mass is 266 g/mol. The number of nitrogens with one attached hydrogen (secondary N) is 2. The third-order valence-electron chi connectivity index (χ3n) is 3.54. The Balaban J connectivity index is 2.12. The Morgan fingerprint density at radius 2 is 1.67 bits per heavy atom. The van der Waals surface area contributed by atoms with E-state index >= 15 is 0 Å². The SMILES string of the molecule is CCC1CCC(CNC(=O)NCC(F)(F)F)CC1. The first-order valence-electron chi connectivity index (χ1n) is 6.49. The van der Waals surface area contributed by atoms with Gasteiger partial charge in [0, 0.05) is 6.54 Å². The van der Waals surface area contributed by atoms with Gasteiger partial charge in [-0.05, 0) is 24.7 Å². The van der Waals surface area contributed by atoms with Crippen LogP contribution in [0.2, 0.25) is 0 Å². The van der Waals surface area contributed by atoms with Crippen molar-refractivity contribution in [1.82, 2.24) is 10.6 Å². The summed E-state index contributed by atoms with van der Waals surface area (Å²) in [5, 5.41) is 4.31. The van der Waals surface area contributed by atoms with Crippen molar-refractivity contribution >= 4 is 6.03 Å². The third-order valence-corrected chi connectivity index (χ3v) is 3.54. The minimum Gasteiger partial charge on any atom is -0.338 e. The smallest absolute Gasteiger partial charge is 0.338 e. The fourth-order valence-corrected chi connectivity index (χ4v) is 2.32. The second-order valence-corrected chi connectivity index (χ2v) is 4.97. The molecule has 106 valence electrons. The lowest BCUT2D eigenvalue weighted by atomic mass is 9.81. The Morgan fingerprint density at radius 1 is 1.11 bits per heavy atom. The van der Waals surface area contributed by atoms with E-state index in [9.17, 15) is 18.0 Å². The molecule has 1 rings (SSSR count). The first-order chi connectivity index (χ1) is 8.40. The van der Waals surface area contributed by atoms with Gasteiger partial charge in [-0.2, -0.15) is 13.2 Å². The highest BCUT2D eigenvalue weighted by molar-refractivity contribution is 5.73. The highest BCUT2D eigenvalue weighted by atomic mass is 19.4. The Bertz CT molecular complexity index is 261. The van der Waals surface area contributed by atoms with Crippen LogP contribution in [0.1, 0.15) is 39.0 Å². The van der Waals surface area contributed by atoms with Crippen LogP contribution in [0.25, 0.3) is 0 Å². The van der Waals surface area contributed by atoms with E-state index in [1.165, 1.54) is 6.42 Å². The lowest BCUT2D eigenvalue weighted by Gasteiger charge is -2.27. The topological polar surface area (TPSA) is 41.1 Å². The molecule has 0 saturated heterocycles. The van der Waals surface area contributed by atoms with Gasteiger partial charge in [-0.25, -0.2) is 4.79 Å². The minimum absolute atomic E-state index is 0.407. The van der Waals surface area contributed by atoms with Crippen molar-refractivity contribution < 1.29 is 18.0 Å². The van der Waals surface area contributed by atoms with E-state index in [4.69, 9.17) is 0 Å². The van der Waals surface area contributed by atoms with Crippen molar-refractivity contribution in [2.24, 2.45) is 11.8 Å². The number of hydrogen-bond acceptors (Lipinski definition) is 1.